The van der Waals surface area contributed by atoms with Crippen molar-refractivity contribution < 1.29 is 23.2 Å². The number of rotatable bonds is 8. The Hall–Kier alpha value is -3.87. The normalized spacial score (nSPS) is 11.5. The van der Waals surface area contributed by atoms with Gasteiger partial charge in [0.25, 0.3) is 0 Å². The number of nitrogens with two attached hydrogens (primary N) is 1. The molecule has 3 rings (SSSR count). The van der Waals surface area contributed by atoms with Gasteiger partial charge in [-0.3, -0.25) is 14.4 Å². The summed E-state index contributed by atoms with van der Waals surface area (Å²) >= 11 is 0. The third-order valence-corrected chi connectivity index (χ3v) is 4.74. The topological polar surface area (TPSA) is 89.3 Å². The lowest BCUT2D eigenvalue weighted by Gasteiger charge is -2.16. The molecule has 3 aromatic carbocycles. The van der Waals surface area contributed by atoms with E-state index in [1.807, 2.05) is 6.07 Å². The molecule has 158 valence electrons. The molecule has 0 saturated carbocycles. The van der Waals surface area contributed by atoms with Gasteiger partial charge in [-0.15, -0.1) is 0 Å². The van der Waals surface area contributed by atoms with Crippen LogP contribution in [-0.2, 0) is 22.4 Å². The lowest BCUT2D eigenvalue weighted by Crippen LogP contribution is -2.46. The van der Waals surface area contributed by atoms with Crippen molar-refractivity contribution in [3.63, 3.8) is 0 Å². The predicted molar refractivity (Wildman–Crippen MR) is 111 cm³/mol. The molecule has 0 spiro atoms. The van der Waals surface area contributed by atoms with E-state index in [4.69, 9.17) is 5.73 Å². The molecule has 0 aliphatic rings. The number of benzene rings is 3. The molecular weight excluding hydrogens is 402 g/mol. The molecule has 0 unspecified atom stereocenters. The van der Waals surface area contributed by atoms with Crippen molar-refractivity contribution in [3.8, 4) is 0 Å². The first-order valence-electron chi connectivity index (χ1n) is 9.55. The summed E-state index contributed by atoms with van der Waals surface area (Å²) < 4.78 is 26.7. The fourth-order valence-electron chi connectivity index (χ4n) is 3.09. The fourth-order valence-corrected chi connectivity index (χ4v) is 3.09. The Balaban J connectivity index is 1.65. The molecule has 5 nitrogen and oxygen atoms in total. The zero-order valence-electron chi connectivity index (χ0n) is 16.5. The monoisotopic (exact) mass is 422 g/mol. The standard InChI is InChI=1S/C24H20F2N2O3/c25-19-11-10-18(20(26)14-19)13-22(29)28-21(24(27)31)12-15-6-8-17(9-7-15)23(30)16-4-2-1-3-5-16/h1-11,14,21H,12-13H2,(H2,27,31)(H,28,29)/t21-/m0/s1. The van der Waals surface area contributed by atoms with Gasteiger partial charge in [0.15, 0.2) is 5.78 Å². The van der Waals surface area contributed by atoms with E-state index in [9.17, 15) is 23.2 Å². The van der Waals surface area contributed by atoms with Gasteiger partial charge in [0, 0.05) is 23.6 Å². The lowest BCUT2D eigenvalue weighted by atomic mass is 9.99. The number of primary amides is 1. The van der Waals surface area contributed by atoms with E-state index in [1.165, 1.54) is 6.07 Å². The van der Waals surface area contributed by atoms with Crippen molar-refractivity contribution in [1.29, 1.82) is 0 Å². The Labute approximate surface area is 177 Å². The molecule has 0 bridgehead atoms. The number of ketones is 1. The van der Waals surface area contributed by atoms with E-state index < -0.39 is 29.5 Å². The molecule has 3 aromatic rings. The van der Waals surface area contributed by atoms with Crippen LogP contribution in [-0.4, -0.2) is 23.6 Å². The maximum absolute atomic E-state index is 13.7. The number of amides is 2. The molecule has 0 aliphatic carbocycles. The second kappa shape index (κ2) is 9.75. The molecule has 0 aliphatic heterocycles. The van der Waals surface area contributed by atoms with E-state index in [-0.39, 0.29) is 24.2 Å². The first kappa shape index (κ1) is 21.8. The average Bonchev–Trinajstić information content (AvgIpc) is 2.76. The van der Waals surface area contributed by atoms with Crippen molar-refractivity contribution in [1.82, 2.24) is 5.32 Å². The van der Waals surface area contributed by atoms with Gasteiger partial charge >= 0.3 is 0 Å². The number of hydrogen-bond acceptors (Lipinski definition) is 3. The van der Waals surface area contributed by atoms with Crippen LogP contribution in [0.3, 0.4) is 0 Å². The maximum Gasteiger partial charge on any atom is 0.240 e. The molecule has 31 heavy (non-hydrogen) atoms. The van der Waals surface area contributed by atoms with Gasteiger partial charge in [-0.05, 0) is 17.2 Å². The minimum Gasteiger partial charge on any atom is -0.368 e. The molecular formula is C24H20F2N2O3. The van der Waals surface area contributed by atoms with Gasteiger partial charge in [-0.25, -0.2) is 8.78 Å². The quantitative estimate of drug-likeness (QED) is 0.547. The van der Waals surface area contributed by atoms with E-state index in [2.05, 4.69) is 5.32 Å². The molecule has 0 fully saturated rings. The van der Waals surface area contributed by atoms with Crippen molar-refractivity contribution >= 4 is 17.6 Å². The zero-order valence-corrected chi connectivity index (χ0v) is 16.5. The summed E-state index contributed by atoms with van der Waals surface area (Å²) in [6, 6.07) is 17.3. The summed E-state index contributed by atoms with van der Waals surface area (Å²) in [6.07, 6.45) is -0.257. The molecule has 3 N–H and O–H groups in total. The SMILES string of the molecule is NC(=O)[C@H](Cc1ccc(C(=O)c2ccccc2)cc1)NC(=O)Cc1ccc(F)cc1F. The van der Waals surface area contributed by atoms with Crippen LogP contribution in [0.1, 0.15) is 27.0 Å². The molecule has 7 heteroatoms. The summed E-state index contributed by atoms with van der Waals surface area (Å²) in [7, 11) is 0. The Morgan fingerprint density at radius 1 is 0.871 bits per heavy atom. The zero-order chi connectivity index (χ0) is 22.4. The van der Waals surface area contributed by atoms with Crippen LogP contribution < -0.4 is 11.1 Å². The Morgan fingerprint density at radius 3 is 2.13 bits per heavy atom. The Bertz CT molecular complexity index is 1100. The summed E-state index contributed by atoms with van der Waals surface area (Å²) in [5.41, 5.74) is 7.13. The van der Waals surface area contributed by atoms with Gasteiger partial charge in [-0.1, -0.05) is 60.7 Å². The largest absolute Gasteiger partial charge is 0.368 e. The maximum atomic E-state index is 13.7. The summed E-state index contributed by atoms with van der Waals surface area (Å²) in [5, 5.41) is 2.48. The van der Waals surface area contributed by atoms with E-state index >= 15 is 0 Å². The van der Waals surface area contributed by atoms with Crippen molar-refractivity contribution in [2.75, 3.05) is 0 Å². The minimum atomic E-state index is -1.02. The van der Waals surface area contributed by atoms with Crippen LogP contribution in [0.2, 0.25) is 0 Å². The van der Waals surface area contributed by atoms with Gasteiger partial charge in [-0.2, -0.15) is 0 Å². The Kier molecular flexibility index (Phi) is 6.87. The van der Waals surface area contributed by atoms with E-state index in [0.29, 0.717) is 22.8 Å². The smallest absolute Gasteiger partial charge is 0.240 e. The second-order valence-electron chi connectivity index (χ2n) is 7.03. The van der Waals surface area contributed by atoms with E-state index in [0.717, 1.165) is 6.07 Å². The van der Waals surface area contributed by atoms with Gasteiger partial charge in [0.05, 0.1) is 6.42 Å². The molecule has 1 atom stereocenters. The second-order valence-corrected chi connectivity index (χ2v) is 7.03. The molecule has 0 saturated heterocycles. The predicted octanol–water partition coefficient (Wildman–Crippen LogP) is 2.95. The van der Waals surface area contributed by atoms with Gasteiger partial charge in [0.2, 0.25) is 11.8 Å². The average molecular weight is 422 g/mol. The Morgan fingerprint density at radius 2 is 1.52 bits per heavy atom. The highest BCUT2D eigenvalue weighted by molar-refractivity contribution is 6.08. The summed E-state index contributed by atoms with van der Waals surface area (Å²) in [6.45, 7) is 0. The van der Waals surface area contributed by atoms with Crippen LogP contribution in [0.4, 0.5) is 8.78 Å². The highest BCUT2D eigenvalue weighted by Crippen LogP contribution is 2.13. The van der Waals surface area contributed by atoms with Crippen LogP contribution in [0.5, 0.6) is 0 Å². The third-order valence-electron chi connectivity index (χ3n) is 4.74. The highest BCUT2D eigenvalue weighted by atomic mass is 19.1. The molecule has 0 aromatic heterocycles. The van der Waals surface area contributed by atoms with Crippen molar-refractivity contribution in [3.05, 3.63) is 107 Å². The van der Waals surface area contributed by atoms with Crippen LogP contribution in [0, 0.1) is 11.6 Å². The first-order chi connectivity index (χ1) is 14.8. The van der Waals surface area contributed by atoms with Crippen molar-refractivity contribution in [2.45, 2.75) is 18.9 Å². The highest BCUT2D eigenvalue weighted by Gasteiger charge is 2.20. The summed E-state index contributed by atoms with van der Waals surface area (Å²) in [4.78, 5) is 36.5. The molecule has 0 heterocycles. The van der Waals surface area contributed by atoms with Crippen LogP contribution >= 0.6 is 0 Å². The number of carbonyl (C=O) groups is 3. The fraction of sp³-hybridized carbons (Fsp3) is 0.125. The van der Waals surface area contributed by atoms with E-state index in [1.54, 1.807) is 48.5 Å². The number of nitrogens with one attached hydrogen (secondary N) is 1. The minimum absolute atomic E-state index is 0.00546. The first-order valence-corrected chi connectivity index (χ1v) is 9.55. The number of carbonyl (C=O) groups excluding carboxylic acids is 3. The number of halogens is 2. The van der Waals surface area contributed by atoms with Gasteiger partial charge in [0.1, 0.15) is 17.7 Å². The van der Waals surface area contributed by atoms with Gasteiger partial charge < -0.3 is 11.1 Å². The summed E-state index contributed by atoms with van der Waals surface area (Å²) in [5.74, 6) is -3.09. The van der Waals surface area contributed by atoms with Crippen LogP contribution in [0.15, 0.2) is 72.8 Å². The molecule has 2 amide bonds. The molecule has 0 radical (unpaired) electrons. The number of hydrogen-bond donors (Lipinski definition) is 2. The van der Waals surface area contributed by atoms with Crippen LogP contribution in [0.25, 0.3) is 0 Å². The van der Waals surface area contributed by atoms with Crippen molar-refractivity contribution in [2.24, 2.45) is 5.73 Å². The lowest BCUT2D eigenvalue weighted by molar-refractivity contribution is -0.127. The third kappa shape index (κ3) is 5.82.